The summed E-state index contributed by atoms with van der Waals surface area (Å²) in [7, 11) is 0. The molecule has 0 aliphatic heterocycles. The Morgan fingerprint density at radius 3 is 2.00 bits per heavy atom. The molecule has 0 aromatic carbocycles. The highest BCUT2D eigenvalue weighted by molar-refractivity contribution is 5.37. The monoisotopic (exact) mass is 177 g/mol. The van der Waals surface area contributed by atoms with Crippen LogP contribution in [0.4, 0.5) is 0 Å². The summed E-state index contributed by atoms with van der Waals surface area (Å²) >= 11 is 0. The normalized spacial score (nSPS) is 11.8. The zero-order valence-electron chi connectivity index (χ0n) is 9.52. The molecule has 1 aromatic rings. The van der Waals surface area contributed by atoms with Gasteiger partial charge in [-0.3, -0.25) is 4.98 Å². The predicted octanol–water partition coefficient (Wildman–Crippen LogP) is 3.30. The molecule has 0 saturated carbocycles. The Labute approximate surface area is 81.2 Å². The predicted molar refractivity (Wildman–Crippen MR) is 57.1 cm³/mol. The average molecular weight is 177 g/mol. The second kappa shape index (κ2) is 3.13. The molecule has 1 heterocycles. The Bertz CT molecular complexity index is 319. The van der Waals surface area contributed by atoms with Crippen molar-refractivity contribution < 1.29 is 0 Å². The van der Waals surface area contributed by atoms with E-state index in [9.17, 15) is 0 Å². The Hall–Kier alpha value is -0.850. The second-order valence-corrected chi connectivity index (χ2v) is 4.76. The van der Waals surface area contributed by atoms with Crippen molar-refractivity contribution in [1.29, 1.82) is 0 Å². The van der Waals surface area contributed by atoms with Crippen LogP contribution in [0.25, 0.3) is 0 Å². The molecule has 1 nitrogen and oxygen atoms in total. The Balaban J connectivity index is 3.35. The van der Waals surface area contributed by atoms with Crippen LogP contribution in [-0.2, 0) is 5.41 Å². The van der Waals surface area contributed by atoms with Crippen LogP contribution in [0.2, 0.25) is 0 Å². The van der Waals surface area contributed by atoms with Gasteiger partial charge in [-0.2, -0.15) is 0 Å². The molecule has 0 bridgehead atoms. The smallest absolute Gasteiger partial charge is 0.0404 e. The largest absolute Gasteiger partial charge is 0.261 e. The molecule has 0 aliphatic carbocycles. The van der Waals surface area contributed by atoms with Gasteiger partial charge in [-0.1, -0.05) is 20.8 Å². The van der Waals surface area contributed by atoms with Gasteiger partial charge in [0.1, 0.15) is 0 Å². The molecule has 0 unspecified atom stereocenters. The van der Waals surface area contributed by atoms with Gasteiger partial charge >= 0.3 is 0 Å². The number of hydrogen-bond acceptors (Lipinski definition) is 1. The molecule has 0 N–H and O–H groups in total. The molecule has 0 saturated heterocycles. The summed E-state index contributed by atoms with van der Waals surface area (Å²) in [6.07, 6.45) is 2.01. The van der Waals surface area contributed by atoms with Gasteiger partial charge in [0.25, 0.3) is 0 Å². The standard InChI is InChI=1S/C12H19N/c1-8-9(2)11(12(4,5)6)7-13-10(8)3/h7H,1-6H3. The summed E-state index contributed by atoms with van der Waals surface area (Å²) in [5, 5.41) is 0. The van der Waals surface area contributed by atoms with Gasteiger partial charge in [0.2, 0.25) is 0 Å². The summed E-state index contributed by atoms with van der Waals surface area (Å²) < 4.78 is 0. The third-order valence-corrected chi connectivity index (χ3v) is 2.70. The molecule has 1 aromatic heterocycles. The number of aryl methyl sites for hydroxylation is 1. The Morgan fingerprint density at radius 1 is 1.00 bits per heavy atom. The maximum atomic E-state index is 4.41. The van der Waals surface area contributed by atoms with E-state index in [1.807, 2.05) is 6.20 Å². The van der Waals surface area contributed by atoms with Crippen LogP contribution < -0.4 is 0 Å². The lowest BCUT2D eigenvalue weighted by atomic mass is 9.84. The SMILES string of the molecule is Cc1ncc(C(C)(C)C)c(C)c1C. The quantitative estimate of drug-likeness (QED) is 0.592. The minimum Gasteiger partial charge on any atom is -0.261 e. The summed E-state index contributed by atoms with van der Waals surface area (Å²) in [6.45, 7) is 13.1. The first kappa shape index (κ1) is 10.2. The van der Waals surface area contributed by atoms with E-state index < -0.39 is 0 Å². The minimum atomic E-state index is 0.204. The summed E-state index contributed by atoms with van der Waals surface area (Å²) in [5.41, 5.74) is 5.42. The van der Waals surface area contributed by atoms with Gasteiger partial charge in [0, 0.05) is 11.9 Å². The molecule has 0 spiro atoms. The van der Waals surface area contributed by atoms with Crippen molar-refractivity contribution >= 4 is 0 Å². The molecule has 0 fully saturated rings. The van der Waals surface area contributed by atoms with Crippen molar-refractivity contribution in [2.75, 3.05) is 0 Å². The third kappa shape index (κ3) is 1.90. The Kier molecular flexibility index (Phi) is 2.47. The number of aromatic nitrogens is 1. The van der Waals surface area contributed by atoms with Crippen LogP contribution >= 0.6 is 0 Å². The molecule has 72 valence electrons. The van der Waals surface area contributed by atoms with Crippen molar-refractivity contribution in [3.05, 3.63) is 28.6 Å². The fourth-order valence-electron chi connectivity index (χ4n) is 1.58. The van der Waals surface area contributed by atoms with E-state index in [1.54, 1.807) is 0 Å². The van der Waals surface area contributed by atoms with Gasteiger partial charge in [0.05, 0.1) is 0 Å². The fourth-order valence-corrected chi connectivity index (χ4v) is 1.58. The number of rotatable bonds is 0. The van der Waals surface area contributed by atoms with E-state index in [-0.39, 0.29) is 5.41 Å². The average Bonchev–Trinajstić information content (AvgIpc) is 1.98. The van der Waals surface area contributed by atoms with Crippen LogP contribution in [0.5, 0.6) is 0 Å². The zero-order valence-corrected chi connectivity index (χ0v) is 9.52. The van der Waals surface area contributed by atoms with Crippen LogP contribution in [0.1, 0.15) is 43.2 Å². The van der Waals surface area contributed by atoms with Gasteiger partial charge in [-0.05, 0) is 42.9 Å². The lowest BCUT2D eigenvalue weighted by Gasteiger charge is -2.22. The van der Waals surface area contributed by atoms with Gasteiger partial charge in [0.15, 0.2) is 0 Å². The topological polar surface area (TPSA) is 12.9 Å². The third-order valence-electron chi connectivity index (χ3n) is 2.70. The highest BCUT2D eigenvalue weighted by Gasteiger charge is 2.17. The first-order chi connectivity index (χ1) is 5.84. The van der Waals surface area contributed by atoms with Crippen molar-refractivity contribution in [2.24, 2.45) is 0 Å². The summed E-state index contributed by atoms with van der Waals surface area (Å²) in [6, 6.07) is 0. The molecule has 0 radical (unpaired) electrons. The maximum absolute atomic E-state index is 4.41. The van der Waals surface area contributed by atoms with E-state index in [2.05, 4.69) is 46.5 Å². The van der Waals surface area contributed by atoms with Crippen molar-refractivity contribution in [2.45, 2.75) is 47.0 Å². The fraction of sp³-hybridized carbons (Fsp3) is 0.583. The maximum Gasteiger partial charge on any atom is 0.0404 e. The van der Waals surface area contributed by atoms with Gasteiger partial charge in [-0.15, -0.1) is 0 Å². The zero-order chi connectivity index (χ0) is 10.2. The second-order valence-electron chi connectivity index (χ2n) is 4.76. The molecule has 0 amide bonds. The summed E-state index contributed by atoms with van der Waals surface area (Å²) in [5.74, 6) is 0. The lowest BCUT2D eigenvalue weighted by Crippen LogP contribution is -2.14. The van der Waals surface area contributed by atoms with Crippen LogP contribution in [-0.4, -0.2) is 4.98 Å². The number of nitrogens with zero attached hydrogens (tertiary/aromatic N) is 1. The highest BCUT2D eigenvalue weighted by Crippen LogP contribution is 2.27. The Morgan fingerprint density at radius 2 is 1.54 bits per heavy atom. The van der Waals surface area contributed by atoms with Crippen molar-refractivity contribution in [1.82, 2.24) is 4.98 Å². The van der Waals surface area contributed by atoms with E-state index in [1.165, 1.54) is 16.7 Å². The first-order valence-electron chi connectivity index (χ1n) is 4.77. The first-order valence-corrected chi connectivity index (χ1v) is 4.77. The van der Waals surface area contributed by atoms with Gasteiger partial charge in [-0.25, -0.2) is 0 Å². The van der Waals surface area contributed by atoms with Crippen LogP contribution in [0, 0.1) is 20.8 Å². The molecule has 0 atom stereocenters. The van der Waals surface area contributed by atoms with E-state index in [0.717, 1.165) is 5.69 Å². The number of hydrogen-bond donors (Lipinski definition) is 0. The van der Waals surface area contributed by atoms with Crippen LogP contribution in [0.15, 0.2) is 6.20 Å². The minimum absolute atomic E-state index is 0.204. The van der Waals surface area contributed by atoms with Gasteiger partial charge < -0.3 is 0 Å². The highest BCUT2D eigenvalue weighted by atomic mass is 14.7. The molecular weight excluding hydrogens is 158 g/mol. The number of pyridine rings is 1. The summed E-state index contributed by atoms with van der Waals surface area (Å²) in [4.78, 5) is 4.41. The van der Waals surface area contributed by atoms with Crippen molar-refractivity contribution in [3.8, 4) is 0 Å². The van der Waals surface area contributed by atoms with Crippen molar-refractivity contribution in [3.63, 3.8) is 0 Å². The lowest BCUT2D eigenvalue weighted by molar-refractivity contribution is 0.581. The van der Waals surface area contributed by atoms with E-state index in [0.29, 0.717) is 0 Å². The molecule has 13 heavy (non-hydrogen) atoms. The van der Waals surface area contributed by atoms with E-state index in [4.69, 9.17) is 0 Å². The van der Waals surface area contributed by atoms with Crippen LogP contribution in [0.3, 0.4) is 0 Å². The molecule has 1 heteroatoms. The molecular formula is C12H19N. The molecule has 0 aliphatic rings. The molecule has 1 rings (SSSR count). The van der Waals surface area contributed by atoms with E-state index >= 15 is 0 Å².